The average Bonchev–Trinajstić information content (AvgIpc) is 3.12. The van der Waals surface area contributed by atoms with Crippen molar-refractivity contribution in [2.24, 2.45) is 5.41 Å². The number of ether oxygens (including phenoxy) is 2. The summed E-state index contributed by atoms with van der Waals surface area (Å²) in [5, 5.41) is 3.12. The molecule has 1 spiro atoms. The minimum atomic E-state index is -0.328. The second-order valence-electron chi connectivity index (χ2n) is 8.30. The SMILES string of the molecule is CC(=O)N1C[C@@H]2c3cccc4c3OC[C@]2(CNC(=O)CCc2cccc(c2)O4)C1. The van der Waals surface area contributed by atoms with Crippen LogP contribution in [0.4, 0.5) is 0 Å². The predicted molar refractivity (Wildman–Crippen MR) is 107 cm³/mol. The fraction of sp³-hybridized carbons (Fsp3) is 0.391. The fourth-order valence-corrected chi connectivity index (χ4v) is 4.78. The summed E-state index contributed by atoms with van der Waals surface area (Å²) < 4.78 is 12.4. The van der Waals surface area contributed by atoms with Gasteiger partial charge in [-0.2, -0.15) is 0 Å². The first-order chi connectivity index (χ1) is 14.0. The van der Waals surface area contributed by atoms with Crippen LogP contribution in [0.2, 0.25) is 0 Å². The second-order valence-corrected chi connectivity index (χ2v) is 8.30. The fourth-order valence-electron chi connectivity index (χ4n) is 4.78. The molecule has 0 saturated carbocycles. The molecule has 0 radical (unpaired) electrons. The maximum absolute atomic E-state index is 12.5. The zero-order valence-corrected chi connectivity index (χ0v) is 16.4. The summed E-state index contributed by atoms with van der Waals surface area (Å²) in [4.78, 5) is 26.5. The van der Waals surface area contributed by atoms with Gasteiger partial charge < -0.3 is 19.7 Å². The first-order valence-corrected chi connectivity index (χ1v) is 10.1. The van der Waals surface area contributed by atoms with Crippen molar-refractivity contribution in [1.29, 1.82) is 0 Å². The number of aryl methyl sites for hydroxylation is 1. The lowest BCUT2D eigenvalue weighted by Crippen LogP contribution is -2.48. The van der Waals surface area contributed by atoms with E-state index < -0.39 is 0 Å². The molecule has 3 aliphatic rings. The predicted octanol–water partition coefficient (Wildman–Crippen LogP) is 2.87. The molecule has 29 heavy (non-hydrogen) atoms. The van der Waals surface area contributed by atoms with E-state index in [-0.39, 0.29) is 23.1 Å². The Morgan fingerprint density at radius 1 is 1.21 bits per heavy atom. The molecule has 6 heteroatoms. The highest BCUT2D eigenvalue weighted by molar-refractivity contribution is 5.77. The number of carbonyl (C=O) groups excluding carboxylic acids is 2. The zero-order valence-electron chi connectivity index (χ0n) is 16.4. The quantitative estimate of drug-likeness (QED) is 0.749. The van der Waals surface area contributed by atoms with E-state index >= 15 is 0 Å². The van der Waals surface area contributed by atoms with E-state index in [1.54, 1.807) is 6.92 Å². The molecule has 0 unspecified atom stereocenters. The van der Waals surface area contributed by atoms with Gasteiger partial charge in [0, 0.05) is 49.9 Å². The van der Waals surface area contributed by atoms with Gasteiger partial charge in [0.1, 0.15) is 5.75 Å². The molecular weight excluding hydrogens is 368 g/mol. The van der Waals surface area contributed by atoms with Crippen molar-refractivity contribution >= 4 is 11.8 Å². The first-order valence-electron chi connectivity index (χ1n) is 10.1. The van der Waals surface area contributed by atoms with E-state index in [2.05, 4.69) is 11.4 Å². The highest BCUT2D eigenvalue weighted by atomic mass is 16.5. The molecule has 6 nitrogen and oxygen atoms in total. The van der Waals surface area contributed by atoms with Crippen LogP contribution in [0.25, 0.3) is 0 Å². The number of carbonyl (C=O) groups is 2. The van der Waals surface area contributed by atoms with E-state index in [1.807, 2.05) is 41.3 Å². The van der Waals surface area contributed by atoms with Crippen molar-refractivity contribution in [3.63, 3.8) is 0 Å². The highest BCUT2D eigenvalue weighted by Gasteiger charge is 2.52. The molecule has 2 amide bonds. The van der Waals surface area contributed by atoms with Crippen molar-refractivity contribution in [3.8, 4) is 17.2 Å². The van der Waals surface area contributed by atoms with Gasteiger partial charge in [0.05, 0.1) is 6.61 Å². The number of para-hydroxylation sites is 1. The number of rotatable bonds is 0. The van der Waals surface area contributed by atoms with Crippen LogP contribution in [-0.4, -0.2) is 43.0 Å². The molecule has 2 atom stereocenters. The summed E-state index contributed by atoms with van der Waals surface area (Å²) in [6, 6.07) is 13.8. The second kappa shape index (κ2) is 6.79. The van der Waals surface area contributed by atoms with E-state index in [1.165, 1.54) is 0 Å². The Hall–Kier alpha value is -3.02. The molecule has 3 heterocycles. The lowest BCUT2D eigenvalue weighted by Gasteiger charge is -2.39. The third kappa shape index (κ3) is 3.12. The van der Waals surface area contributed by atoms with Crippen LogP contribution in [0.15, 0.2) is 42.5 Å². The summed E-state index contributed by atoms with van der Waals surface area (Å²) in [5.41, 5.74) is 1.77. The minimum absolute atomic E-state index is 0.0160. The van der Waals surface area contributed by atoms with Crippen LogP contribution in [0.5, 0.6) is 17.2 Å². The first kappa shape index (κ1) is 18.0. The maximum Gasteiger partial charge on any atom is 0.220 e. The van der Waals surface area contributed by atoms with Crippen LogP contribution in [0, 0.1) is 5.41 Å². The molecule has 3 aliphatic heterocycles. The summed E-state index contributed by atoms with van der Waals surface area (Å²) in [6.45, 7) is 3.73. The van der Waals surface area contributed by atoms with Crippen molar-refractivity contribution in [2.75, 3.05) is 26.2 Å². The minimum Gasteiger partial charge on any atom is -0.489 e. The van der Waals surface area contributed by atoms with Crippen LogP contribution in [0.1, 0.15) is 30.4 Å². The molecule has 4 bridgehead atoms. The van der Waals surface area contributed by atoms with Crippen LogP contribution in [-0.2, 0) is 16.0 Å². The number of hydrogen-bond donors (Lipinski definition) is 1. The third-order valence-corrected chi connectivity index (χ3v) is 6.39. The molecule has 150 valence electrons. The van der Waals surface area contributed by atoms with Crippen molar-refractivity contribution < 1.29 is 19.1 Å². The maximum atomic E-state index is 12.5. The largest absolute Gasteiger partial charge is 0.489 e. The average molecular weight is 392 g/mol. The van der Waals surface area contributed by atoms with Crippen molar-refractivity contribution in [1.82, 2.24) is 10.2 Å². The van der Waals surface area contributed by atoms with Gasteiger partial charge in [0.25, 0.3) is 0 Å². The molecule has 2 aromatic carbocycles. The van der Waals surface area contributed by atoms with Gasteiger partial charge in [0.2, 0.25) is 11.8 Å². The van der Waals surface area contributed by atoms with E-state index in [4.69, 9.17) is 9.47 Å². The summed E-state index contributed by atoms with van der Waals surface area (Å²) in [7, 11) is 0. The van der Waals surface area contributed by atoms with Gasteiger partial charge in [-0.3, -0.25) is 9.59 Å². The molecule has 1 N–H and O–H groups in total. The standard InChI is InChI=1S/C23H24N2O4/c1-15(26)25-11-19-18-6-3-7-20-22(18)28-14-23(19,13-25)12-24-21(27)9-8-16-4-2-5-17(10-16)29-20/h2-7,10,19H,8-9,11-14H2,1H3,(H,24,27)/t19-,23+/m1/s1. The van der Waals surface area contributed by atoms with Crippen molar-refractivity contribution in [3.05, 3.63) is 53.6 Å². The van der Waals surface area contributed by atoms with Crippen LogP contribution in [0.3, 0.4) is 0 Å². The number of nitrogens with zero attached hydrogens (tertiary/aromatic N) is 1. The Morgan fingerprint density at radius 3 is 2.93 bits per heavy atom. The lowest BCUT2D eigenvalue weighted by molar-refractivity contribution is -0.128. The Balaban J connectivity index is 1.61. The van der Waals surface area contributed by atoms with Crippen LogP contribution < -0.4 is 14.8 Å². The van der Waals surface area contributed by atoms with Gasteiger partial charge in [-0.25, -0.2) is 0 Å². The van der Waals surface area contributed by atoms with Gasteiger partial charge in [-0.1, -0.05) is 24.3 Å². The Bertz CT molecular complexity index is 989. The number of likely N-dealkylation sites (tertiary alicyclic amines) is 1. The normalized spacial score (nSPS) is 25.3. The number of amides is 2. The monoisotopic (exact) mass is 392 g/mol. The Morgan fingerprint density at radius 2 is 2.07 bits per heavy atom. The highest BCUT2D eigenvalue weighted by Crippen LogP contribution is 2.52. The zero-order chi connectivity index (χ0) is 20.0. The topological polar surface area (TPSA) is 67.9 Å². The molecule has 1 saturated heterocycles. The van der Waals surface area contributed by atoms with Crippen molar-refractivity contribution in [2.45, 2.75) is 25.7 Å². The van der Waals surface area contributed by atoms with Gasteiger partial charge in [-0.05, 0) is 30.2 Å². The Labute approximate surface area is 169 Å². The van der Waals surface area contributed by atoms with E-state index in [0.717, 1.165) is 22.6 Å². The number of hydrogen-bond acceptors (Lipinski definition) is 4. The van der Waals surface area contributed by atoms with Crippen LogP contribution >= 0.6 is 0 Å². The molecular formula is C23H24N2O4. The van der Waals surface area contributed by atoms with E-state index in [0.29, 0.717) is 44.8 Å². The smallest absolute Gasteiger partial charge is 0.220 e. The molecule has 5 rings (SSSR count). The van der Waals surface area contributed by atoms with Gasteiger partial charge >= 0.3 is 0 Å². The number of nitrogens with one attached hydrogen (secondary N) is 1. The lowest BCUT2D eigenvalue weighted by atomic mass is 9.73. The summed E-state index contributed by atoms with van der Waals surface area (Å²) in [5.74, 6) is 2.32. The Kier molecular flexibility index (Phi) is 4.23. The molecule has 0 aliphatic carbocycles. The van der Waals surface area contributed by atoms with Gasteiger partial charge in [0.15, 0.2) is 11.5 Å². The summed E-state index contributed by atoms with van der Waals surface area (Å²) >= 11 is 0. The van der Waals surface area contributed by atoms with Gasteiger partial charge in [-0.15, -0.1) is 0 Å². The third-order valence-electron chi connectivity index (χ3n) is 6.39. The molecule has 0 aromatic heterocycles. The molecule has 1 fully saturated rings. The summed E-state index contributed by atoms with van der Waals surface area (Å²) in [6.07, 6.45) is 1.07. The number of benzene rings is 2. The number of fused-ring (bicyclic) bond motifs is 4. The molecule has 2 aromatic rings. The van der Waals surface area contributed by atoms with E-state index in [9.17, 15) is 9.59 Å².